The predicted octanol–water partition coefficient (Wildman–Crippen LogP) is 3.27. The molecule has 30 heavy (non-hydrogen) atoms. The van der Waals surface area contributed by atoms with Gasteiger partial charge in [-0.1, -0.05) is 34.6 Å². The Morgan fingerprint density at radius 1 is 0.767 bits per heavy atom. The zero-order valence-electron chi connectivity index (χ0n) is 19.0. The summed E-state index contributed by atoms with van der Waals surface area (Å²) >= 11 is 0. The Hall–Kier alpha value is 1.59. The molecule has 0 aromatic heterocycles. The first-order valence-corrected chi connectivity index (χ1v) is 12.1. The van der Waals surface area contributed by atoms with Crippen LogP contribution in [0.3, 0.4) is 0 Å². The minimum atomic E-state index is -3.84. The number of hydrogen-bond acceptors (Lipinski definition) is 7. The van der Waals surface area contributed by atoms with Crippen molar-refractivity contribution in [1.82, 2.24) is 0 Å². The third-order valence-electron chi connectivity index (χ3n) is 3.80. The minimum absolute atomic E-state index is 0. The Bertz CT molecular complexity index is 369. The molecule has 1 aliphatic rings. The average Bonchev–Trinajstić information content (AvgIpc) is 2.60. The first kappa shape index (κ1) is 33.8. The average molecular weight is 483 g/mol. The predicted molar refractivity (Wildman–Crippen MR) is 120 cm³/mol. The van der Waals surface area contributed by atoms with Gasteiger partial charge >= 0.3 is 59.2 Å². The third-order valence-corrected chi connectivity index (χ3v) is 4.78. The molecule has 0 amide bonds. The number of rotatable bonds is 9. The van der Waals surface area contributed by atoms with Gasteiger partial charge in [0.15, 0.2) is 0 Å². The summed E-state index contributed by atoms with van der Waals surface area (Å²) in [6.45, 7) is 16.0. The van der Waals surface area contributed by atoms with Crippen molar-refractivity contribution >= 4 is 59.2 Å². The van der Waals surface area contributed by atoms with Crippen LogP contribution in [0.4, 0.5) is 0 Å². The number of phosphoric acid groups is 1. The molecule has 0 aliphatic carbocycles. The molecule has 0 radical (unpaired) electrons. The summed E-state index contributed by atoms with van der Waals surface area (Å²) in [5.41, 5.74) is 0. The second-order valence-corrected chi connectivity index (χ2v) is 9.42. The van der Waals surface area contributed by atoms with Crippen molar-refractivity contribution in [2.75, 3.05) is 66.1 Å². The van der Waals surface area contributed by atoms with E-state index in [9.17, 15) is 9.46 Å². The van der Waals surface area contributed by atoms with Crippen molar-refractivity contribution in [2.24, 2.45) is 17.8 Å². The Balaban J connectivity index is 0. The molecule has 10 heteroatoms. The second kappa shape index (κ2) is 22.4. The summed E-state index contributed by atoms with van der Waals surface area (Å²) in [6.07, 6.45) is 1.89. The number of ether oxygens (including phenoxy) is 4. The van der Waals surface area contributed by atoms with Crippen molar-refractivity contribution in [3.8, 4) is 0 Å². The number of phosphoric ester groups is 1. The molecule has 1 fully saturated rings. The Morgan fingerprint density at radius 3 is 1.50 bits per heavy atom. The van der Waals surface area contributed by atoms with Crippen LogP contribution in [0.2, 0.25) is 0 Å². The summed E-state index contributed by atoms with van der Waals surface area (Å²) < 4.78 is 42.1. The summed E-state index contributed by atoms with van der Waals surface area (Å²) in [6, 6.07) is 0. The molecule has 2 atom stereocenters. The van der Waals surface area contributed by atoms with Gasteiger partial charge < -0.3 is 23.8 Å². The Morgan fingerprint density at radius 2 is 1.17 bits per heavy atom. The van der Waals surface area contributed by atoms with E-state index in [0.717, 1.165) is 12.8 Å². The van der Waals surface area contributed by atoms with Crippen LogP contribution in [-0.2, 0) is 32.6 Å². The fourth-order valence-corrected chi connectivity index (χ4v) is 3.35. The molecule has 0 bridgehead atoms. The molecule has 0 saturated carbocycles. The molecule has 0 aromatic rings. The van der Waals surface area contributed by atoms with E-state index in [1.165, 1.54) is 0 Å². The van der Waals surface area contributed by atoms with Gasteiger partial charge in [-0.15, -0.1) is 0 Å². The summed E-state index contributed by atoms with van der Waals surface area (Å²) in [5, 5.41) is 0. The van der Waals surface area contributed by atoms with Crippen LogP contribution in [0.15, 0.2) is 0 Å². The molecule has 2 unspecified atom stereocenters. The third kappa shape index (κ3) is 25.8. The SMILES string of the molecule is C1COCCOCCOCCO1.CC(C)COP(=O)(O)OCCC(C)CC(C)C.[KH]. The van der Waals surface area contributed by atoms with E-state index in [1.54, 1.807) is 0 Å². The topological polar surface area (TPSA) is 92.7 Å². The molecular formula is C20H44KO8P. The molecule has 1 N–H and O–H groups in total. The quantitative estimate of drug-likeness (QED) is 0.395. The molecule has 8 nitrogen and oxygen atoms in total. The maximum atomic E-state index is 11.4. The van der Waals surface area contributed by atoms with Gasteiger partial charge in [-0.2, -0.15) is 0 Å². The van der Waals surface area contributed by atoms with Gasteiger partial charge in [0.1, 0.15) is 0 Å². The van der Waals surface area contributed by atoms with Crippen molar-refractivity contribution in [1.29, 1.82) is 0 Å². The van der Waals surface area contributed by atoms with E-state index in [-0.39, 0.29) is 70.5 Å². The van der Waals surface area contributed by atoms with E-state index >= 15 is 0 Å². The summed E-state index contributed by atoms with van der Waals surface area (Å²) in [7, 11) is -3.84. The summed E-state index contributed by atoms with van der Waals surface area (Å²) in [5.74, 6) is 1.36. The van der Waals surface area contributed by atoms with Crippen molar-refractivity contribution in [2.45, 2.75) is 47.5 Å². The molecular weight excluding hydrogens is 438 g/mol. The van der Waals surface area contributed by atoms with E-state index in [4.69, 9.17) is 28.0 Å². The molecule has 1 rings (SSSR count). The van der Waals surface area contributed by atoms with Gasteiger partial charge in [-0.25, -0.2) is 4.57 Å². The fraction of sp³-hybridized carbons (Fsp3) is 1.00. The van der Waals surface area contributed by atoms with E-state index < -0.39 is 7.82 Å². The first-order chi connectivity index (χ1) is 13.7. The molecule has 1 aliphatic heterocycles. The van der Waals surface area contributed by atoms with Gasteiger partial charge in [0, 0.05) is 0 Å². The van der Waals surface area contributed by atoms with Gasteiger partial charge in [-0.3, -0.25) is 9.05 Å². The number of hydrogen-bond donors (Lipinski definition) is 1. The maximum absolute atomic E-state index is 11.4. The van der Waals surface area contributed by atoms with Gasteiger partial charge in [0.2, 0.25) is 0 Å². The van der Waals surface area contributed by atoms with Crippen LogP contribution in [0.1, 0.15) is 47.5 Å². The van der Waals surface area contributed by atoms with Crippen molar-refractivity contribution < 1.29 is 37.5 Å². The van der Waals surface area contributed by atoms with Crippen LogP contribution >= 0.6 is 7.82 Å². The Kier molecular flexibility index (Phi) is 25.2. The molecule has 178 valence electrons. The van der Waals surface area contributed by atoms with Gasteiger partial charge in [0.05, 0.1) is 66.1 Å². The molecule has 0 aromatic carbocycles. The van der Waals surface area contributed by atoms with Crippen molar-refractivity contribution in [3.05, 3.63) is 0 Å². The molecule has 0 spiro atoms. The van der Waals surface area contributed by atoms with Gasteiger partial charge in [-0.05, 0) is 30.6 Å². The molecule has 1 saturated heterocycles. The first-order valence-electron chi connectivity index (χ1n) is 10.7. The summed E-state index contributed by atoms with van der Waals surface area (Å²) in [4.78, 5) is 9.37. The van der Waals surface area contributed by atoms with E-state index in [0.29, 0.717) is 64.7 Å². The van der Waals surface area contributed by atoms with Crippen LogP contribution in [-0.4, -0.2) is 122 Å². The van der Waals surface area contributed by atoms with Crippen LogP contribution in [0, 0.1) is 17.8 Å². The second-order valence-electron chi connectivity index (χ2n) is 7.96. The zero-order chi connectivity index (χ0) is 22.0. The van der Waals surface area contributed by atoms with Crippen LogP contribution in [0.25, 0.3) is 0 Å². The normalized spacial score (nSPS) is 19.5. The zero-order valence-corrected chi connectivity index (χ0v) is 19.9. The standard InChI is InChI=1S/C12H27O4P.C8H16O4.K.H/c1-10(2)8-12(5)6-7-15-17(13,14)16-9-11(3)4;1-2-10-5-6-12-8-7-11-4-3-9-1;;/h10-12H,6-9H2,1-5H3,(H,13,14);1-8H2;;. The van der Waals surface area contributed by atoms with Crippen molar-refractivity contribution in [3.63, 3.8) is 0 Å². The van der Waals surface area contributed by atoms with Crippen LogP contribution in [0.5, 0.6) is 0 Å². The monoisotopic (exact) mass is 482 g/mol. The van der Waals surface area contributed by atoms with E-state index in [2.05, 4.69) is 20.8 Å². The Labute approximate surface area is 226 Å². The van der Waals surface area contributed by atoms with Gasteiger partial charge in [0.25, 0.3) is 0 Å². The van der Waals surface area contributed by atoms with Crippen LogP contribution < -0.4 is 0 Å². The molecule has 1 heterocycles. The van der Waals surface area contributed by atoms with E-state index in [1.807, 2.05) is 13.8 Å². The fourth-order valence-electron chi connectivity index (χ4n) is 2.45.